The largest absolute Gasteiger partial charge is 0.476 e. The second-order valence-electron chi connectivity index (χ2n) is 3.92. The third kappa shape index (κ3) is 2.36. The topological polar surface area (TPSA) is 78.3 Å². The molecule has 1 aromatic rings. The number of carbonyl (C=O) groups is 1. The summed E-state index contributed by atoms with van der Waals surface area (Å²) in [6.07, 6.45) is 1.96. The summed E-state index contributed by atoms with van der Waals surface area (Å²) in [7, 11) is 0. The van der Waals surface area contributed by atoms with E-state index < -0.39 is 5.97 Å². The molecule has 92 valence electrons. The van der Waals surface area contributed by atoms with Crippen LogP contribution in [0, 0.1) is 0 Å². The maximum atomic E-state index is 11.1. The molecule has 1 fully saturated rings. The molecule has 2 N–H and O–H groups in total. The average molecular weight is 236 g/mol. The van der Waals surface area contributed by atoms with Gasteiger partial charge in [-0.2, -0.15) is 0 Å². The number of carboxylic acids is 1. The van der Waals surface area contributed by atoms with Crippen molar-refractivity contribution in [3.8, 4) is 0 Å². The number of carboxylic acid groups (broad SMARTS) is 1. The molecule has 0 unspecified atom stereocenters. The number of aromatic carboxylic acids is 1. The Morgan fingerprint density at radius 3 is 2.76 bits per heavy atom. The molecule has 0 bridgehead atoms. The SMILES string of the molecule is CCc1c(C(=O)O)ncnc1N1CCNCC1. The number of nitrogens with zero attached hydrogens (tertiary/aromatic N) is 3. The van der Waals surface area contributed by atoms with E-state index in [0.29, 0.717) is 6.42 Å². The summed E-state index contributed by atoms with van der Waals surface area (Å²) in [5.41, 5.74) is 0.845. The van der Waals surface area contributed by atoms with Crippen LogP contribution in [0.1, 0.15) is 23.0 Å². The Morgan fingerprint density at radius 1 is 1.47 bits per heavy atom. The first kappa shape index (κ1) is 11.8. The molecule has 0 radical (unpaired) electrons. The van der Waals surface area contributed by atoms with Crippen molar-refractivity contribution < 1.29 is 9.90 Å². The fourth-order valence-corrected chi connectivity index (χ4v) is 2.06. The number of nitrogens with one attached hydrogen (secondary N) is 1. The molecule has 6 nitrogen and oxygen atoms in total. The summed E-state index contributed by atoms with van der Waals surface area (Å²) in [6.45, 7) is 5.42. The van der Waals surface area contributed by atoms with Gasteiger partial charge in [0.25, 0.3) is 0 Å². The van der Waals surface area contributed by atoms with Crippen molar-refractivity contribution in [3.63, 3.8) is 0 Å². The van der Waals surface area contributed by atoms with Crippen LogP contribution in [0.25, 0.3) is 0 Å². The Hall–Kier alpha value is -1.69. The minimum absolute atomic E-state index is 0.121. The normalized spacial score (nSPS) is 15.9. The summed E-state index contributed by atoms with van der Waals surface area (Å²) in [4.78, 5) is 21.3. The number of rotatable bonds is 3. The van der Waals surface area contributed by atoms with E-state index in [4.69, 9.17) is 5.11 Å². The number of aromatic nitrogens is 2. The molecule has 1 aliphatic rings. The van der Waals surface area contributed by atoms with Crippen molar-refractivity contribution in [2.24, 2.45) is 0 Å². The monoisotopic (exact) mass is 236 g/mol. The summed E-state index contributed by atoms with van der Waals surface area (Å²) in [6, 6.07) is 0. The molecule has 1 saturated heterocycles. The standard InChI is InChI=1S/C11H16N4O2/c1-2-8-9(11(16)17)13-7-14-10(8)15-5-3-12-4-6-15/h7,12H,2-6H2,1H3,(H,16,17). The van der Waals surface area contributed by atoms with Crippen LogP contribution >= 0.6 is 0 Å². The van der Waals surface area contributed by atoms with Crippen molar-refractivity contribution in [1.82, 2.24) is 15.3 Å². The van der Waals surface area contributed by atoms with Gasteiger partial charge in [-0.25, -0.2) is 14.8 Å². The zero-order valence-corrected chi connectivity index (χ0v) is 9.81. The van der Waals surface area contributed by atoms with Crippen LogP contribution in [0.15, 0.2) is 6.33 Å². The lowest BCUT2D eigenvalue weighted by Crippen LogP contribution is -2.44. The molecule has 1 aromatic heterocycles. The maximum absolute atomic E-state index is 11.1. The van der Waals surface area contributed by atoms with Gasteiger partial charge in [0.05, 0.1) is 0 Å². The van der Waals surface area contributed by atoms with Gasteiger partial charge in [0.15, 0.2) is 5.69 Å². The van der Waals surface area contributed by atoms with E-state index in [2.05, 4.69) is 20.2 Å². The van der Waals surface area contributed by atoms with Gasteiger partial charge in [-0.15, -0.1) is 0 Å². The third-order valence-electron chi connectivity index (χ3n) is 2.90. The van der Waals surface area contributed by atoms with E-state index in [1.165, 1.54) is 6.33 Å². The fraction of sp³-hybridized carbons (Fsp3) is 0.545. The lowest BCUT2D eigenvalue weighted by molar-refractivity contribution is 0.0689. The lowest BCUT2D eigenvalue weighted by Gasteiger charge is -2.30. The Kier molecular flexibility index (Phi) is 3.53. The number of anilines is 1. The molecule has 0 atom stereocenters. The Morgan fingerprint density at radius 2 is 2.18 bits per heavy atom. The van der Waals surface area contributed by atoms with E-state index >= 15 is 0 Å². The first-order valence-electron chi connectivity index (χ1n) is 5.77. The van der Waals surface area contributed by atoms with E-state index in [1.54, 1.807) is 0 Å². The minimum Gasteiger partial charge on any atom is -0.476 e. The van der Waals surface area contributed by atoms with Crippen LogP contribution in [-0.4, -0.2) is 47.2 Å². The molecule has 0 aromatic carbocycles. The summed E-state index contributed by atoms with van der Waals surface area (Å²) < 4.78 is 0. The lowest BCUT2D eigenvalue weighted by atomic mass is 10.1. The van der Waals surface area contributed by atoms with Gasteiger partial charge in [-0.1, -0.05) is 6.92 Å². The molecule has 0 aliphatic carbocycles. The van der Waals surface area contributed by atoms with Gasteiger partial charge in [0, 0.05) is 31.7 Å². The highest BCUT2D eigenvalue weighted by molar-refractivity contribution is 5.88. The zero-order chi connectivity index (χ0) is 12.3. The van der Waals surface area contributed by atoms with Gasteiger partial charge in [0.1, 0.15) is 12.1 Å². The molecule has 6 heteroatoms. The van der Waals surface area contributed by atoms with Gasteiger partial charge < -0.3 is 15.3 Å². The van der Waals surface area contributed by atoms with Crippen molar-refractivity contribution in [3.05, 3.63) is 17.6 Å². The Bertz CT molecular complexity index is 416. The highest BCUT2D eigenvalue weighted by atomic mass is 16.4. The summed E-state index contributed by atoms with van der Waals surface area (Å²) in [5.74, 6) is -0.220. The number of hydrogen-bond acceptors (Lipinski definition) is 5. The van der Waals surface area contributed by atoms with E-state index in [1.807, 2.05) is 6.92 Å². The van der Waals surface area contributed by atoms with Gasteiger partial charge in [0.2, 0.25) is 0 Å². The number of hydrogen-bond donors (Lipinski definition) is 2. The Balaban J connectivity index is 2.38. The molecule has 1 aliphatic heterocycles. The molecule has 2 rings (SSSR count). The molecule has 0 spiro atoms. The zero-order valence-electron chi connectivity index (χ0n) is 9.81. The van der Waals surface area contributed by atoms with Gasteiger partial charge in [-0.3, -0.25) is 0 Å². The van der Waals surface area contributed by atoms with E-state index in [0.717, 1.165) is 37.6 Å². The molecule has 2 heterocycles. The van der Waals surface area contributed by atoms with E-state index in [-0.39, 0.29) is 5.69 Å². The second-order valence-corrected chi connectivity index (χ2v) is 3.92. The molecule has 0 amide bonds. The van der Waals surface area contributed by atoms with Crippen LogP contribution < -0.4 is 10.2 Å². The highest BCUT2D eigenvalue weighted by Gasteiger charge is 2.20. The fourth-order valence-electron chi connectivity index (χ4n) is 2.06. The molecular formula is C11H16N4O2. The summed E-state index contributed by atoms with van der Waals surface area (Å²) >= 11 is 0. The van der Waals surface area contributed by atoms with Crippen molar-refractivity contribution >= 4 is 11.8 Å². The maximum Gasteiger partial charge on any atom is 0.354 e. The van der Waals surface area contributed by atoms with Crippen LogP contribution in [0.2, 0.25) is 0 Å². The predicted octanol–water partition coefficient (Wildman–Crippen LogP) is 0.147. The third-order valence-corrected chi connectivity index (χ3v) is 2.90. The smallest absolute Gasteiger partial charge is 0.354 e. The van der Waals surface area contributed by atoms with Crippen molar-refractivity contribution in [1.29, 1.82) is 0 Å². The van der Waals surface area contributed by atoms with Crippen LogP contribution in [0.5, 0.6) is 0 Å². The van der Waals surface area contributed by atoms with Crippen LogP contribution in [-0.2, 0) is 6.42 Å². The van der Waals surface area contributed by atoms with Crippen molar-refractivity contribution in [2.45, 2.75) is 13.3 Å². The predicted molar refractivity (Wildman–Crippen MR) is 63.5 cm³/mol. The Labute approximate surface area is 99.7 Å². The van der Waals surface area contributed by atoms with Gasteiger partial charge in [-0.05, 0) is 6.42 Å². The highest BCUT2D eigenvalue weighted by Crippen LogP contribution is 2.20. The van der Waals surface area contributed by atoms with Crippen LogP contribution in [0.3, 0.4) is 0 Å². The van der Waals surface area contributed by atoms with Gasteiger partial charge >= 0.3 is 5.97 Å². The van der Waals surface area contributed by atoms with Crippen LogP contribution in [0.4, 0.5) is 5.82 Å². The minimum atomic E-state index is -0.986. The number of piperazine rings is 1. The summed E-state index contributed by atoms with van der Waals surface area (Å²) in [5, 5.41) is 12.4. The molecule has 0 saturated carbocycles. The van der Waals surface area contributed by atoms with E-state index in [9.17, 15) is 4.79 Å². The molecular weight excluding hydrogens is 220 g/mol. The molecule has 17 heavy (non-hydrogen) atoms. The first-order chi connectivity index (χ1) is 8.24. The second kappa shape index (κ2) is 5.09. The average Bonchev–Trinajstić information content (AvgIpc) is 2.38. The quantitative estimate of drug-likeness (QED) is 0.777. The van der Waals surface area contributed by atoms with Crippen molar-refractivity contribution in [2.75, 3.05) is 31.1 Å². The first-order valence-corrected chi connectivity index (χ1v) is 5.77.